The molecule has 0 saturated heterocycles. The number of aromatic nitrogens is 2. The number of methoxy groups -OCH3 is 1. The summed E-state index contributed by atoms with van der Waals surface area (Å²) in [5.74, 6) is 0.754. The lowest BCUT2D eigenvalue weighted by Gasteiger charge is -2.14. The van der Waals surface area contributed by atoms with Crippen molar-refractivity contribution in [2.24, 2.45) is 0 Å². The molecule has 1 unspecified atom stereocenters. The highest BCUT2D eigenvalue weighted by Crippen LogP contribution is 2.38. The van der Waals surface area contributed by atoms with Gasteiger partial charge in [0, 0.05) is 6.04 Å². The molecule has 18 heavy (non-hydrogen) atoms. The van der Waals surface area contributed by atoms with Crippen LogP contribution in [0.3, 0.4) is 0 Å². The maximum atomic E-state index is 10.4. The van der Waals surface area contributed by atoms with E-state index < -0.39 is 6.10 Å². The first kappa shape index (κ1) is 11.3. The van der Waals surface area contributed by atoms with Gasteiger partial charge in [-0.05, 0) is 30.5 Å². The zero-order valence-electron chi connectivity index (χ0n) is 10.3. The fourth-order valence-electron chi connectivity index (χ4n) is 2.17. The minimum absolute atomic E-state index is 0.516. The average Bonchev–Trinajstić information content (AvgIpc) is 3.15. The highest BCUT2D eigenvalue weighted by molar-refractivity contribution is 5.33. The van der Waals surface area contributed by atoms with Crippen LogP contribution < -0.4 is 4.74 Å². The Morgan fingerprint density at radius 1 is 1.44 bits per heavy atom. The Morgan fingerprint density at radius 2 is 2.28 bits per heavy atom. The van der Waals surface area contributed by atoms with Crippen molar-refractivity contribution < 1.29 is 9.84 Å². The van der Waals surface area contributed by atoms with Gasteiger partial charge in [-0.25, -0.2) is 4.98 Å². The van der Waals surface area contributed by atoms with Crippen LogP contribution in [-0.2, 0) is 0 Å². The predicted molar refractivity (Wildman–Crippen MR) is 67.6 cm³/mol. The Labute approximate surface area is 106 Å². The Kier molecular flexibility index (Phi) is 2.80. The van der Waals surface area contributed by atoms with E-state index in [9.17, 15) is 5.11 Å². The van der Waals surface area contributed by atoms with Crippen LogP contribution in [0.1, 0.15) is 36.2 Å². The molecular formula is C14H16N2O2. The highest BCUT2D eigenvalue weighted by atomic mass is 16.5. The lowest BCUT2D eigenvalue weighted by Crippen LogP contribution is -2.07. The van der Waals surface area contributed by atoms with E-state index in [4.69, 9.17) is 4.74 Å². The van der Waals surface area contributed by atoms with Gasteiger partial charge >= 0.3 is 0 Å². The molecule has 94 valence electrons. The second kappa shape index (κ2) is 4.46. The molecule has 0 radical (unpaired) electrons. The smallest absolute Gasteiger partial charge is 0.121 e. The number of imidazole rings is 1. The average molecular weight is 244 g/mol. The van der Waals surface area contributed by atoms with Crippen molar-refractivity contribution in [2.75, 3.05) is 7.11 Å². The standard InChI is InChI=1S/C14H16N2O2/c1-18-12-4-2-3-10(7-12)14(17)13-8-15-9-16(13)11-5-6-11/h2-4,7-9,11,14,17H,5-6H2,1H3. The zero-order chi connectivity index (χ0) is 12.5. The van der Waals surface area contributed by atoms with Crippen molar-refractivity contribution in [1.29, 1.82) is 0 Å². The quantitative estimate of drug-likeness (QED) is 0.897. The molecule has 0 bridgehead atoms. The number of benzene rings is 1. The molecule has 1 aromatic heterocycles. The van der Waals surface area contributed by atoms with Crippen LogP contribution in [0.25, 0.3) is 0 Å². The van der Waals surface area contributed by atoms with Crippen molar-refractivity contribution in [2.45, 2.75) is 25.0 Å². The van der Waals surface area contributed by atoms with Crippen LogP contribution in [0, 0.1) is 0 Å². The van der Waals surface area contributed by atoms with Crippen LogP contribution in [0.5, 0.6) is 5.75 Å². The Bertz CT molecular complexity index is 546. The molecule has 2 aromatic rings. The van der Waals surface area contributed by atoms with Crippen molar-refractivity contribution in [1.82, 2.24) is 9.55 Å². The molecule has 1 aromatic carbocycles. The van der Waals surface area contributed by atoms with E-state index >= 15 is 0 Å². The van der Waals surface area contributed by atoms with Crippen LogP contribution in [0.2, 0.25) is 0 Å². The first-order valence-electron chi connectivity index (χ1n) is 6.13. The summed E-state index contributed by atoms with van der Waals surface area (Å²) in [6, 6.07) is 8.03. The first-order valence-corrected chi connectivity index (χ1v) is 6.13. The van der Waals surface area contributed by atoms with Crippen LogP contribution in [-0.4, -0.2) is 21.8 Å². The second-order valence-corrected chi connectivity index (χ2v) is 4.64. The summed E-state index contributed by atoms with van der Waals surface area (Å²) < 4.78 is 7.25. The molecule has 1 aliphatic carbocycles. The molecule has 0 spiro atoms. The summed E-state index contributed by atoms with van der Waals surface area (Å²) in [5, 5.41) is 10.4. The van der Waals surface area contributed by atoms with Crippen LogP contribution in [0.4, 0.5) is 0 Å². The number of aliphatic hydroxyl groups is 1. The number of hydrogen-bond acceptors (Lipinski definition) is 3. The summed E-state index contributed by atoms with van der Waals surface area (Å²) in [5.41, 5.74) is 1.68. The fraction of sp³-hybridized carbons (Fsp3) is 0.357. The molecule has 1 aliphatic rings. The van der Waals surface area contributed by atoms with Gasteiger partial charge in [0.25, 0.3) is 0 Å². The van der Waals surface area contributed by atoms with Gasteiger partial charge in [0.2, 0.25) is 0 Å². The van der Waals surface area contributed by atoms with Crippen molar-refractivity contribution in [3.63, 3.8) is 0 Å². The van der Waals surface area contributed by atoms with Gasteiger partial charge in [-0.1, -0.05) is 12.1 Å². The summed E-state index contributed by atoms with van der Waals surface area (Å²) in [4.78, 5) is 4.14. The Morgan fingerprint density at radius 3 is 3.00 bits per heavy atom. The van der Waals surface area contributed by atoms with Crippen LogP contribution in [0.15, 0.2) is 36.8 Å². The van der Waals surface area contributed by atoms with E-state index in [1.165, 1.54) is 12.8 Å². The van der Waals surface area contributed by atoms with Gasteiger partial charge in [0.05, 0.1) is 25.3 Å². The summed E-state index contributed by atoms with van der Waals surface area (Å²) in [6.45, 7) is 0. The first-order chi connectivity index (χ1) is 8.79. The third-order valence-electron chi connectivity index (χ3n) is 3.33. The molecule has 1 atom stereocenters. The SMILES string of the molecule is COc1cccc(C(O)c2cncn2C2CC2)c1. The maximum absolute atomic E-state index is 10.4. The van der Waals surface area contributed by atoms with Gasteiger partial charge in [-0.15, -0.1) is 0 Å². The second-order valence-electron chi connectivity index (χ2n) is 4.64. The maximum Gasteiger partial charge on any atom is 0.121 e. The van der Waals surface area contributed by atoms with Gasteiger partial charge in [-0.3, -0.25) is 0 Å². The minimum Gasteiger partial charge on any atom is -0.497 e. The van der Waals surface area contributed by atoms with Gasteiger partial charge in [0.15, 0.2) is 0 Å². The number of nitrogens with zero attached hydrogens (tertiary/aromatic N) is 2. The molecule has 3 rings (SSSR count). The molecule has 1 N–H and O–H groups in total. The van der Waals surface area contributed by atoms with E-state index in [1.807, 2.05) is 24.3 Å². The third kappa shape index (κ3) is 1.99. The zero-order valence-corrected chi connectivity index (χ0v) is 10.3. The number of aliphatic hydroxyl groups excluding tert-OH is 1. The van der Waals surface area contributed by atoms with E-state index in [2.05, 4.69) is 9.55 Å². The summed E-state index contributed by atoms with van der Waals surface area (Å²) >= 11 is 0. The molecular weight excluding hydrogens is 228 g/mol. The summed E-state index contributed by atoms with van der Waals surface area (Å²) in [7, 11) is 1.62. The van der Waals surface area contributed by atoms with E-state index in [-0.39, 0.29) is 0 Å². The monoisotopic (exact) mass is 244 g/mol. The van der Waals surface area contributed by atoms with Gasteiger partial charge < -0.3 is 14.4 Å². The third-order valence-corrected chi connectivity index (χ3v) is 3.33. The van der Waals surface area contributed by atoms with E-state index in [0.717, 1.165) is 17.0 Å². The van der Waals surface area contributed by atoms with E-state index in [1.54, 1.807) is 19.6 Å². The molecule has 0 aliphatic heterocycles. The molecule has 1 heterocycles. The number of rotatable bonds is 4. The van der Waals surface area contributed by atoms with E-state index in [0.29, 0.717) is 6.04 Å². The Hall–Kier alpha value is -1.81. The normalized spacial score (nSPS) is 16.6. The number of hydrogen-bond donors (Lipinski definition) is 1. The molecule has 4 heteroatoms. The minimum atomic E-state index is -0.650. The van der Waals surface area contributed by atoms with Gasteiger partial charge in [-0.2, -0.15) is 0 Å². The summed E-state index contributed by atoms with van der Waals surface area (Å²) in [6.07, 6.45) is 5.24. The number of ether oxygens (including phenoxy) is 1. The Balaban J connectivity index is 1.92. The van der Waals surface area contributed by atoms with Gasteiger partial charge in [0.1, 0.15) is 11.9 Å². The van der Waals surface area contributed by atoms with Crippen molar-refractivity contribution in [3.05, 3.63) is 48.0 Å². The molecule has 1 saturated carbocycles. The predicted octanol–water partition coefficient (Wildman–Crippen LogP) is 2.31. The lowest BCUT2D eigenvalue weighted by molar-refractivity contribution is 0.209. The largest absolute Gasteiger partial charge is 0.497 e. The molecule has 0 amide bonds. The fourth-order valence-corrected chi connectivity index (χ4v) is 2.17. The molecule has 4 nitrogen and oxygen atoms in total. The molecule has 1 fully saturated rings. The highest BCUT2D eigenvalue weighted by Gasteiger charge is 2.27. The van der Waals surface area contributed by atoms with Crippen LogP contribution >= 0.6 is 0 Å². The lowest BCUT2D eigenvalue weighted by atomic mass is 10.1. The van der Waals surface area contributed by atoms with Crippen molar-refractivity contribution >= 4 is 0 Å². The van der Waals surface area contributed by atoms with Crippen molar-refractivity contribution in [3.8, 4) is 5.75 Å². The topological polar surface area (TPSA) is 47.3 Å².